The summed E-state index contributed by atoms with van der Waals surface area (Å²) in [6, 6.07) is 5.70. The molecule has 0 unspecified atom stereocenters. The van der Waals surface area contributed by atoms with Crippen molar-refractivity contribution in [3.63, 3.8) is 0 Å². The monoisotopic (exact) mass is 401 g/mol. The first kappa shape index (κ1) is 19.1. The van der Waals surface area contributed by atoms with Crippen molar-refractivity contribution in [3.8, 4) is 22.4 Å². The summed E-state index contributed by atoms with van der Waals surface area (Å²) in [5.41, 5.74) is 0.194. The second-order valence-electron chi connectivity index (χ2n) is 6.87. The Morgan fingerprint density at radius 1 is 1.00 bits per heavy atom. The van der Waals surface area contributed by atoms with Crippen LogP contribution in [0.4, 0.5) is 19.0 Å². The third-order valence-electron chi connectivity index (χ3n) is 4.90. The fourth-order valence-corrected chi connectivity index (χ4v) is 3.53. The fourth-order valence-electron chi connectivity index (χ4n) is 3.53. The van der Waals surface area contributed by atoms with E-state index < -0.39 is 17.3 Å². The lowest BCUT2D eigenvalue weighted by Gasteiger charge is -2.30. The van der Waals surface area contributed by atoms with Gasteiger partial charge in [-0.05, 0) is 43.0 Å². The lowest BCUT2D eigenvalue weighted by molar-refractivity contribution is -0.137. The van der Waals surface area contributed by atoms with Crippen molar-refractivity contribution in [1.82, 2.24) is 20.2 Å². The van der Waals surface area contributed by atoms with Gasteiger partial charge in [0, 0.05) is 48.9 Å². The Morgan fingerprint density at radius 3 is 2.41 bits per heavy atom. The largest absolute Gasteiger partial charge is 0.419 e. The number of anilines is 1. The molecular formula is C20H18F3N5O. The second-order valence-corrected chi connectivity index (χ2v) is 6.87. The van der Waals surface area contributed by atoms with Crippen LogP contribution in [0, 0.1) is 0 Å². The molecule has 0 aromatic carbocycles. The summed E-state index contributed by atoms with van der Waals surface area (Å²) in [6.45, 7) is 1.10. The molecule has 1 saturated heterocycles. The van der Waals surface area contributed by atoms with Crippen molar-refractivity contribution in [2.45, 2.75) is 25.4 Å². The van der Waals surface area contributed by atoms with E-state index in [9.17, 15) is 18.0 Å². The highest BCUT2D eigenvalue weighted by Gasteiger charge is 2.37. The minimum Gasteiger partial charge on any atom is -0.356 e. The highest BCUT2D eigenvalue weighted by atomic mass is 19.4. The number of hydrogen-bond donors (Lipinski definition) is 1. The van der Waals surface area contributed by atoms with Crippen molar-refractivity contribution in [2.24, 2.45) is 0 Å². The van der Waals surface area contributed by atoms with E-state index in [0.29, 0.717) is 24.2 Å². The van der Waals surface area contributed by atoms with Gasteiger partial charge < -0.3 is 4.90 Å². The SMILES string of the molecule is O=c1cc(-c2ccncc2)c(-c2cnc(N3CCCCC3)c(C(F)(F)F)c2)n[nH]1. The van der Waals surface area contributed by atoms with Gasteiger partial charge in [0.2, 0.25) is 0 Å². The van der Waals surface area contributed by atoms with Crippen molar-refractivity contribution >= 4 is 5.82 Å². The zero-order valence-corrected chi connectivity index (χ0v) is 15.4. The summed E-state index contributed by atoms with van der Waals surface area (Å²) < 4.78 is 41.5. The van der Waals surface area contributed by atoms with Gasteiger partial charge in [0.25, 0.3) is 5.56 Å². The van der Waals surface area contributed by atoms with E-state index in [1.807, 2.05) is 0 Å². The molecule has 0 amide bonds. The number of piperidine rings is 1. The molecule has 0 radical (unpaired) electrons. The van der Waals surface area contributed by atoms with E-state index >= 15 is 0 Å². The lowest BCUT2D eigenvalue weighted by atomic mass is 10.0. The Bertz CT molecular complexity index is 1060. The third-order valence-corrected chi connectivity index (χ3v) is 4.90. The molecule has 4 heterocycles. The van der Waals surface area contributed by atoms with Gasteiger partial charge in [-0.15, -0.1) is 0 Å². The summed E-state index contributed by atoms with van der Waals surface area (Å²) >= 11 is 0. The van der Waals surface area contributed by atoms with Crippen LogP contribution >= 0.6 is 0 Å². The number of nitrogens with one attached hydrogen (secondary N) is 1. The highest BCUT2D eigenvalue weighted by Crippen LogP contribution is 2.39. The molecule has 9 heteroatoms. The smallest absolute Gasteiger partial charge is 0.356 e. The number of H-pyrrole nitrogens is 1. The molecule has 0 atom stereocenters. The first-order valence-corrected chi connectivity index (χ1v) is 9.26. The maximum Gasteiger partial charge on any atom is 0.419 e. The Morgan fingerprint density at radius 2 is 1.72 bits per heavy atom. The van der Waals surface area contributed by atoms with Gasteiger partial charge in [0.05, 0.1) is 5.56 Å². The quantitative estimate of drug-likeness (QED) is 0.720. The normalized spacial score (nSPS) is 14.8. The van der Waals surface area contributed by atoms with Gasteiger partial charge >= 0.3 is 6.18 Å². The summed E-state index contributed by atoms with van der Waals surface area (Å²) in [7, 11) is 0. The molecular weight excluding hydrogens is 383 g/mol. The van der Waals surface area contributed by atoms with Gasteiger partial charge in [0.15, 0.2) is 0 Å². The van der Waals surface area contributed by atoms with Gasteiger partial charge in [0.1, 0.15) is 11.5 Å². The summed E-state index contributed by atoms with van der Waals surface area (Å²) in [6.07, 6.45) is 2.59. The average molecular weight is 401 g/mol. The van der Waals surface area contributed by atoms with Crippen molar-refractivity contribution < 1.29 is 13.2 Å². The van der Waals surface area contributed by atoms with Crippen molar-refractivity contribution in [1.29, 1.82) is 0 Å². The predicted molar refractivity (Wildman–Crippen MR) is 102 cm³/mol. The molecule has 3 aromatic heterocycles. The molecule has 1 aliphatic heterocycles. The van der Waals surface area contributed by atoms with Crippen LogP contribution in [-0.2, 0) is 6.18 Å². The van der Waals surface area contributed by atoms with Gasteiger partial charge in [-0.1, -0.05) is 0 Å². The van der Waals surface area contributed by atoms with Crippen LogP contribution in [0.25, 0.3) is 22.4 Å². The van der Waals surface area contributed by atoms with Crippen LogP contribution in [0.15, 0.2) is 47.7 Å². The number of hydrogen-bond acceptors (Lipinski definition) is 5. The topological polar surface area (TPSA) is 74.8 Å². The van der Waals surface area contributed by atoms with E-state index in [2.05, 4.69) is 20.2 Å². The fraction of sp³-hybridized carbons (Fsp3) is 0.300. The molecule has 0 spiro atoms. The van der Waals surface area contributed by atoms with Crippen LogP contribution in [0.1, 0.15) is 24.8 Å². The van der Waals surface area contributed by atoms with Crippen LogP contribution < -0.4 is 10.5 Å². The van der Waals surface area contributed by atoms with Gasteiger partial charge in [-0.25, -0.2) is 10.1 Å². The molecule has 0 bridgehead atoms. The third kappa shape index (κ3) is 3.98. The Balaban J connectivity index is 1.85. The minimum atomic E-state index is -4.56. The Kier molecular flexibility index (Phi) is 5.04. The molecule has 1 aliphatic rings. The highest BCUT2D eigenvalue weighted by molar-refractivity contribution is 5.80. The molecule has 150 valence electrons. The summed E-state index contributed by atoms with van der Waals surface area (Å²) in [4.78, 5) is 21.6. The van der Waals surface area contributed by atoms with E-state index in [0.717, 1.165) is 25.3 Å². The van der Waals surface area contributed by atoms with Crippen molar-refractivity contribution in [3.05, 3.63) is 58.8 Å². The molecule has 1 N–H and O–H groups in total. The average Bonchev–Trinajstić information content (AvgIpc) is 2.74. The van der Waals surface area contributed by atoms with Crippen LogP contribution in [0.2, 0.25) is 0 Å². The molecule has 6 nitrogen and oxygen atoms in total. The molecule has 1 fully saturated rings. The van der Waals surface area contributed by atoms with E-state index in [-0.39, 0.29) is 17.1 Å². The molecule has 3 aromatic rings. The van der Waals surface area contributed by atoms with E-state index in [4.69, 9.17) is 0 Å². The van der Waals surface area contributed by atoms with Crippen LogP contribution in [-0.4, -0.2) is 33.3 Å². The van der Waals surface area contributed by atoms with E-state index in [1.54, 1.807) is 29.4 Å². The summed E-state index contributed by atoms with van der Waals surface area (Å²) in [5, 5.41) is 6.32. The Labute approximate surface area is 164 Å². The second kappa shape index (κ2) is 7.65. The van der Waals surface area contributed by atoms with Gasteiger partial charge in [-0.3, -0.25) is 9.78 Å². The van der Waals surface area contributed by atoms with E-state index in [1.165, 1.54) is 12.3 Å². The molecule has 0 aliphatic carbocycles. The minimum absolute atomic E-state index is 0.0594. The maximum absolute atomic E-state index is 13.8. The number of aromatic amines is 1. The van der Waals surface area contributed by atoms with Crippen LogP contribution in [0.5, 0.6) is 0 Å². The number of rotatable bonds is 3. The number of alkyl halides is 3. The zero-order valence-electron chi connectivity index (χ0n) is 15.4. The number of pyridine rings is 2. The molecule has 4 rings (SSSR count). The zero-order chi connectivity index (χ0) is 20.4. The first-order valence-electron chi connectivity index (χ1n) is 9.26. The maximum atomic E-state index is 13.8. The Hall–Kier alpha value is -3.23. The molecule has 29 heavy (non-hydrogen) atoms. The number of halogens is 3. The molecule has 0 saturated carbocycles. The predicted octanol–water partition coefficient (Wildman–Crippen LogP) is 3.90. The first-order chi connectivity index (χ1) is 13.9. The number of nitrogens with zero attached hydrogens (tertiary/aromatic N) is 4. The number of aromatic nitrogens is 4. The van der Waals surface area contributed by atoms with Gasteiger partial charge in [-0.2, -0.15) is 18.3 Å². The lowest BCUT2D eigenvalue weighted by Crippen LogP contribution is -2.32. The van der Waals surface area contributed by atoms with Crippen LogP contribution in [0.3, 0.4) is 0 Å². The summed E-state index contributed by atoms with van der Waals surface area (Å²) in [5.74, 6) is -0.0594. The van der Waals surface area contributed by atoms with Crippen molar-refractivity contribution in [2.75, 3.05) is 18.0 Å². The standard InChI is InChI=1S/C20H18F3N5O/c21-20(22,23)16-10-14(12-25-19(16)28-8-2-1-3-9-28)18-15(11-17(29)26-27-18)13-4-6-24-7-5-13/h4-7,10-12H,1-3,8-9H2,(H,26,29).